The molecule has 158 valence electrons. The average Bonchev–Trinajstić information content (AvgIpc) is 2.59. The average molecular weight is 754 g/mol. The van der Waals surface area contributed by atoms with E-state index in [-0.39, 0.29) is 45.9 Å². The highest BCUT2D eigenvalue weighted by molar-refractivity contribution is 14.1. The highest BCUT2D eigenvalue weighted by atomic mass is 127. The molecular formula is C15H18ClI3N2O7. The number of likely N-dealkylation sites (N-methyl/N-ethyl adjacent to an activating group) is 1. The van der Waals surface area contributed by atoms with Gasteiger partial charge in [-0.3, -0.25) is 9.59 Å². The number of aliphatic hydroxyl groups excluding tert-OH is 2. The molecule has 0 aliphatic heterocycles. The largest absolute Gasteiger partial charge is 0.478 e. The van der Waals surface area contributed by atoms with Crippen molar-refractivity contribution in [3.8, 4) is 0 Å². The number of nitrogens with one attached hydrogen (secondary N) is 1. The van der Waals surface area contributed by atoms with Gasteiger partial charge in [0.05, 0.1) is 36.7 Å². The first-order valence-electron chi connectivity index (χ1n) is 7.34. The second kappa shape index (κ2) is 12.6. The summed E-state index contributed by atoms with van der Waals surface area (Å²) in [6, 6.07) is 0. The zero-order valence-electron chi connectivity index (χ0n) is 14.7. The third-order valence-electron chi connectivity index (χ3n) is 3.42. The molecule has 0 aliphatic rings. The number of rotatable bonds is 8. The minimum Gasteiger partial charge on any atom is -0.478 e. The number of amides is 2. The van der Waals surface area contributed by atoms with Crippen molar-refractivity contribution in [1.29, 1.82) is 0 Å². The van der Waals surface area contributed by atoms with Crippen molar-refractivity contribution < 1.29 is 34.4 Å². The lowest BCUT2D eigenvalue weighted by molar-refractivity contribution is -0.121. The molecule has 4 N–H and O–H groups in total. The fourth-order valence-electron chi connectivity index (χ4n) is 2.04. The molecule has 0 aromatic heterocycles. The van der Waals surface area contributed by atoms with Crippen LogP contribution in [0.25, 0.3) is 0 Å². The Hall–Kier alpha value is -0.0100. The van der Waals surface area contributed by atoms with E-state index >= 15 is 0 Å². The second-order valence-corrected chi connectivity index (χ2v) is 8.51. The topological polar surface area (TPSA) is 136 Å². The molecule has 2 amide bonds. The smallest absolute Gasteiger partial charge is 0.337 e. The zero-order valence-corrected chi connectivity index (χ0v) is 22.0. The van der Waals surface area contributed by atoms with Crippen LogP contribution in [0, 0.1) is 10.7 Å². The molecule has 1 rings (SSSR count). The minimum absolute atomic E-state index is 0. The molecule has 0 bridgehead atoms. The Labute approximate surface area is 208 Å². The van der Waals surface area contributed by atoms with Crippen molar-refractivity contribution in [2.75, 3.05) is 38.8 Å². The Balaban J connectivity index is 0.00000729. The monoisotopic (exact) mass is 754 g/mol. The number of carbonyl (C=O) groups excluding carboxylic acids is 2. The number of halogens is 4. The molecular weight excluding hydrogens is 736 g/mol. The van der Waals surface area contributed by atoms with Crippen molar-refractivity contribution in [2.24, 2.45) is 0 Å². The van der Waals surface area contributed by atoms with Gasteiger partial charge in [0.1, 0.15) is 6.61 Å². The summed E-state index contributed by atoms with van der Waals surface area (Å²) in [7, 11) is 2.83. The van der Waals surface area contributed by atoms with Crippen molar-refractivity contribution in [3.63, 3.8) is 0 Å². The summed E-state index contributed by atoms with van der Waals surface area (Å²) in [5, 5.41) is 30.4. The second-order valence-electron chi connectivity index (χ2n) is 5.28. The van der Waals surface area contributed by atoms with Crippen LogP contribution >= 0.6 is 80.2 Å². The maximum absolute atomic E-state index is 12.6. The number of carboxylic acids is 1. The molecule has 0 heterocycles. The van der Waals surface area contributed by atoms with E-state index in [4.69, 9.17) is 9.84 Å². The predicted molar refractivity (Wildman–Crippen MR) is 130 cm³/mol. The van der Waals surface area contributed by atoms with Gasteiger partial charge < -0.3 is 30.3 Å². The van der Waals surface area contributed by atoms with Gasteiger partial charge in [-0.15, -0.1) is 12.4 Å². The number of nitrogens with zero attached hydrogens (tertiary/aromatic N) is 1. The van der Waals surface area contributed by atoms with Gasteiger partial charge in [-0.25, -0.2) is 4.79 Å². The van der Waals surface area contributed by atoms with Crippen LogP contribution in [0.1, 0.15) is 20.7 Å². The lowest BCUT2D eigenvalue weighted by Gasteiger charge is -2.24. The Kier molecular flexibility index (Phi) is 12.6. The molecule has 0 aliphatic carbocycles. The highest BCUT2D eigenvalue weighted by Crippen LogP contribution is 2.37. The van der Waals surface area contributed by atoms with Gasteiger partial charge in [-0.05, 0) is 67.8 Å². The van der Waals surface area contributed by atoms with Gasteiger partial charge >= 0.3 is 5.97 Å². The molecule has 0 spiro atoms. The van der Waals surface area contributed by atoms with Crippen molar-refractivity contribution in [2.45, 2.75) is 6.10 Å². The third kappa shape index (κ3) is 6.49. The van der Waals surface area contributed by atoms with Crippen molar-refractivity contribution in [3.05, 3.63) is 21.8 Å². The summed E-state index contributed by atoms with van der Waals surface area (Å²) in [6.45, 7) is -0.939. The molecule has 1 unspecified atom stereocenters. The highest BCUT2D eigenvalue weighted by Gasteiger charge is 2.30. The number of hydrogen-bond acceptors (Lipinski definition) is 6. The van der Waals surface area contributed by atoms with Crippen molar-refractivity contribution >= 4 is 104 Å². The molecule has 13 heteroatoms. The first-order chi connectivity index (χ1) is 12.6. The lowest BCUT2D eigenvalue weighted by Crippen LogP contribution is -2.36. The fourth-order valence-corrected chi connectivity index (χ4v) is 6.88. The number of anilines is 1. The summed E-state index contributed by atoms with van der Waals surface area (Å²) in [6.07, 6.45) is -1.14. The fraction of sp³-hybridized carbons (Fsp3) is 0.400. The quantitative estimate of drug-likeness (QED) is 0.294. The normalized spacial score (nSPS) is 11.4. The van der Waals surface area contributed by atoms with Crippen LogP contribution in [0.5, 0.6) is 0 Å². The van der Waals surface area contributed by atoms with E-state index in [1.54, 1.807) is 22.6 Å². The zero-order chi connectivity index (χ0) is 20.9. The molecule has 1 atom stereocenters. The summed E-state index contributed by atoms with van der Waals surface area (Å²) >= 11 is 5.49. The SMILES string of the molecule is COCC(=O)N(C)c1c(I)c(C(=O)O)c(I)c(C(=O)NCC(O)CO)c1I.Cl. The van der Waals surface area contributed by atoms with E-state index < -0.39 is 30.5 Å². The third-order valence-corrected chi connectivity index (χ3v) is 6.60. The van der Waals surface area contributed by atoms with Gasteiger partial charge in [-0.2, -0.15) is 0 Å². The van der Waals surface area contributed by atoms with Crippen LogP contribution in [0.4, 0.5) is 5.69 Å². The molecule has 0 saturated carbocycles. The van der Waals surface area contributed by atoms with E-state index in [1.165, 1.54) is 19.1 Å². The van der Waals surface area contributed by atoms with Gasteiger partial charge in [-0.1, -0.05) is 0 Å². The molecule has 9 nitrogen and oxygen atoms in total. The number of hydrogen-bond donors (Lipinski definition) is 4. The molecule has 1 aromatic carbocycles. The van der Waals surface area contributed by atoms with Gasteiger partial charge in [0, 0.05) is 24.3 Å². The van der Waals surface area contributed by atoms with Gasteiger partial charge in [0.15, 0.2) is 0 Å². The summed E-state index contributed by atoms with van der Waals surface area (Å²) < 4.78 is 5.74. The Bertz CT molecular complexity index is 764. The maximum atomic E-state index is 12.6. The van der Waals surface area contributed by atoms with Crippen LogP contribution in [0.3, 0.4) is 0 Å². The van der Waals surface area contributed by atoms with Crippen LogP contribution in [0.15, 0.2) is 0 Å². The van der Waals surface area contributed by atoms with Gasteiger partial charge in [0.2, 0.25) is 0 Å². The summed E-state index contributed by atoms with van der Waals surface area (Å²) in [5.41, 5.74) is 0.256. The molecule has 1 aromatic rings. The number of aromatic carboxylic acids is 1. The Morgan fingerprint density at radius 3 is 2.14 bits per heavy atom. The number of carboxylic acid groups (broad SMARTS) is 1. The van der Waals surface area contributed by atoms with E-state index in [1.807, 2.05) is 45.2 Å². The Morgan fingerprint density at radius 1 is 1.14 bits per heavy atom. The number of methoxy groups -OCH3 is 1. The van der Waals surface area contributed by atoms with E-state index in [9.17, 15) is 24.6 Å². The maximum Gasteiger partial charge on any atom is 0.337 e. The molecule has 0 saturated heterocycles. The van der Waals surface area contributed by atoms with E-state index in [0.717, 1.165) is 0 Å². The predicted octanol–water partition coefficient (Wildman–Crippen LogP) is 1.31. The minimum atomic E-state index is -1.24. The molecule has 28 heavy (non-hydrogen) atoms. The van der Waals surface area contributed by atoms with Crippen LogP contribution in [-0.2, 0) is 9.53 Å². The van der Waals surface area contributed by atoms with E-state index in [2.05, 4.69) is 5.32 Å². The van der Waals surface area contributed by atoms with Crippen LogP contribution in [-0.4, -0.2) is 73.1 Å². The van der Waals surface area contributed by atoms with Crippen molar-refractivity contribution in [1.82, 2.24) is 5.32 Å². The lowest BCUT2D eigenvalue weighted by atomic mass is 10.1. The number of ether oxygens (including phenoxy) is 1. The summed E-state index contributed by atoms with van der Waals surface area (Å²) in [5.74, 6) is -2.27. The number of carbonyl (C=O) groups is 3. The summed E-state index contributed by atoms with van der Waals surface area (Å²) in [4.78, 5) is 37.9. The molecule has 0 radical (unpaired) electrons. The standard InChI is InChI=1S/C15H17I3N2O7.ClH/c1-20(7(23)5-27-2)13-11(17)8(14(24)19-3-6(22)4-21)10(16)9(12(13)18)15(25)26;/h6,21-22H,3-5H2,1-2H3,(H,19,24)(H,25,26);1H. The number of aliphatic hydroxyl groups is 2. The first kappa shape index (κ1) is 28.0. The van der Waals surface area contributed by atoms with Gasteiger partial charge in [0.25, 0.3) is 11.8 Å². The Morgan fingerprint density at radius 2 is 1.68 bits per heavy atom. The first-order valence-corrected chi connectivity index (χ1v) is 10.6. The van der Waals surface area contributed by atoms with E-state index in [0.29, 0.717) is 7.14 Å². The molecule has 0 fully saturated rings. The van der Waals surface area contributed by atoms with Crippen LogP contribution in [0.2, 0.25) is 0 Å². The number of benzene rings is 1. The van der Waals surface area contributed by atoms with Crippen LogP contribution < -0.4 is 10.2 Å².